The van der Waals surface area contributed by atoms with Gasteiger partial charge in [-0.3, -0.25) is 19.3 Å². The van der Waals surface area contributed by atoms with E-state index in [1.807, 2.05) is 0 Å². The summed E-state index contributed by atoms with van der Waals surface area (Å²) in [5.74, 6) is -1.89. The van der Waals surface area contributed by atoms with E-state index in [1.54, 1.807) is 7.11 Å². The molecule has 0 spiro atoms. The number of ether oxygens (including phenoxy) is 2. The third-order valence-corrected chi connectivity index (χ3v) is 4.21. The second kappa shape index (κ2) is 7.65. The molecule has 1 aliphatic heterocycles. The van der Waals surface area contributed by atoms with Gasteiger partial charge in [0.2, 0.25) is 0 Å². The molecule has 1 N–H and O–H groups in total. The van der Waals surface area contributed by atoms with Crippen LogP contribution in [0.3, 0.4) is 0 Å². The number of fused-ring (bicyclic) bond motifs is 1. The van der Waals surface area contributed by atoms with Crippen LogP contribution in [0, 0.1) is 0 Å². The molecule has 1 aromatic carbocycles. The summed E-state index contributed by atoms with van der Waals surface area (Å²) in [6.45, 7) is 0.317. The zero-order chi connectivity index (χ0) is 18.7. The number of amides is 3. The number of nitrogens with zero attached hydrogens (tertiary/aromatic N) is 1. The number of carbonyl (C=O) groups excluding carboxylic acids is 4. The summed E-state index contributed by atoms with van der Waals surface area (Å²) in [4.78, 5) is 49.5. The first-order chi connectivity index (χ1) is 12.5. The van der Waals surface area contributed by atoms with Crippen LogP contribution in [-0.2, 0) is 14.3 Å². The highest BCUT2D eigenvalue weighted by atomic mass is 16.5. The fourth-order valence-corrected chi connectivity index (χ4v) is 2.70. The number of imide groups is 1. The Bertz CT molecular complexity index is 756. The predicted octanol–water partition coefficient (Wildman–Crippen LogP) is 0.754. The van der Waals surface area contributed by atoms with Crippen LogP contribution in [0.15, 0.2) is 18.2 Å². The number of carbonyl (C=O) groups is 4. The Labute approximate surface area is 150 Å². The van der Waals surface area contributed by atoms with Crippen LogP contribution in [0.5, 0.6) is 0 Å². The van der Waals surface area contributed by atoms with Crippen molar-refractivity contribution in [2.45, 2.75) is 25.3 Å². The second-order valence-corrected chi connectivity index (χ2v) is 6.29. The first kappa shape index (κ1) is 18.1. The van der Waals surface area contributed by atoms with Crippen molar-refractivity contribution in [2.75, 3.05) is 26.9 Å². The molecule has 3 rings (SSSR count). The van der Waals surface area contributed by atoms with Gasteiger partial charge in [-0.1, -0.05) is 0 Å². The zero-order valence-electron chi connectivity index (χ0n) is 14.4. The van der Waals surface area contributed by atoms with Crippen LogP contribution in [0.2, 0.25) is 0 Å². The third kappa shape index (κ3) is 3.91. The van der Waals surface area contributed by atoms with Gasteiger partial charge in [-0.05, 0) is 37.5 Å². The summed E-state index contributed by atoms with van der Waals surface area (Å²) in [6.07, 6.45) is 2.43. The van der Waals surface area contributed by atoms with Crippen molar-refractivity contribution in [2.24, 2.45) is 0 Å². The van der Waals surface area contributed by atoms with E-state index in [-0.39, 0.29) is 47.7 Å². The van der Waals surface area contributed by atoms with Crippen LogP contribution in [0.1, 0.15) is 50.3 Å². The predicted molar refractivity (Wildman–Crippen MR) is 89.7 cm³/mol. The number of hydrogen-bond acceptors (Lipinski definition) is 6. The minimum Gasteiger partial charge on any atom is -0.452 e. The Kier molecular flexibility index (Phi) is 5.32. The fraction of sp³-hybridized carbons (Fsp3) is 0.444. The van der Waals surface area contributed by atoms with Gasteiger partial charge in [0.1, 0.15) is 0 Å². The largest absolute Gasteiger partial charge is 0.452 e. The summed E-state index contributed by atoms with van der Waals surface area (Å²) >= 11 is 0. The van der Waals surface area contributed by atoms with Gasteiger partial charge >= 0.3 is 5.97 Å². The molecule has 1 fully saturated rings. The lowest BCUT2D eigenvalue weighted by Crippen LogP contribution is -2.31. The second-order valence-electron chi connectivity index (χ2n) is 6.29. The highest BCUT2D eigenvalue weighted by Gasteiger charge is 2.35. The van der Waals surface area contributed by atoms with E-state index < -0.39 is 11.9 Å². The SMILES string of the molecule is COCCCN1C(=O)c2ccc(C(=O)OCC(=O)NC3CC3)cc2C1=O. The number of methoxy groups -OCH3 is 1. The average Bonchev–Trinajstić information content (AvgIpc) is 3.42. The molecule has 138 valence electrons. The van der Waals surface area contributed by atoms with Crippen molar-refractivity contribution in [1.82, 2.24) is 10.2 Å². The van der Waals surface area contributed by atoms with Gasteiger partial charge in [-0.15, -0.1) is 0 Å². The molecule has 2 aliphatic rings. The normalized spacial score (nSPS) is 15.8. The molecule has 8 heteroatoms. The van der Waals surface area contributed by atoms with Crippen molar-refractivity contribution in [3.8, 4) is 0 Å². The minimum absolute atomic E-state index is 0.128. The van der Waals surface area contributed by atoms with Crippen molar-refractivity contribution in [1.29, 1.82) is 0 Å². The van der Waals surface area contributed by atoms with E-state index >= 15 is 0 Å². The quantitative estimate of drug-likeness (QED) is 0.417. The zero-order valence-corrected chi connectivity index (χ0v) is 14.4. The van der Waals surface area contributed by atoms with Gasteiger partial charge in [0.25, 0.3) is 17.7 Å². The van der Waals surface area contributed by atoms with Crippen LogP contribution in [0.25, 0.3) is 0 Å². The molecular weight excluding hydrogens is 340 g/mol. The van der Waals surface area contributed by atoms with Crippen LogP contribution < -0.4 is 5.32 Å². The van der Waals surface area contributed by atoms with E-state index in [9.17, 15) is 19.2 Å². The molecule has 1 heterocycles. The number of esters is 1. The maximum absolute atomic E-state index is 12.4. The number of hydrogen-bond donors (Lipinski definition) is 1. The Hall–Kier alpha value is -2.74. The molecular formula is C18H20N2O6. The van der Waals surface area contributed by atoms with E-state index in [0.717, 1.165) is 17.7 Å². The number of benzene rings is 1. The summed E-state index contributed by atoms with van der Waals surface area (Å²) in [5, 5.41) is 2.71. The van der Waals surface area contributed by atoms with Crippen LogP contribution in [-0.4, -0.2) is 61.5 Å². The summed E-state index contributed by atoms with van der Waals surface area (Å²) in [5.41, 5.74) is 0.558. The molecule has 1 aliphatic carbocycles. The van der Waals surface area contributed by atoms with E-state index in [4.69, 9.17) is 9.47 Å². The average molecular weight is 360 g/mol. The molecule has 1 saturated carbocycles. The molecule has 1 aromatic rings. The molecule has 3 amide bonds. The van der Waals surface area contributed by atoms with Crippen molar-refractivity contribution in [3.63, 3.8) is 0 Å². The number of nitrogens with one attached hydrogen (secondary N) is 1. The van der Waals surface area contributed by atoms with E-state index in [0.29, 0.717) is 13.0 Å². The monoisotopic (exact) mass is 360 g/mol. The maximum Gasteiger partial charge on any atom is 0.338 e. The molecule has 0 saturated heterocycles. The molecule has 26 heavy (non-hydrogen) atoms. The lowest BCUT2D eigenvalue weighted by molar-refractivity contribution is -0.124. The summed E-state index contributed by atoms with van der Waals surface area (Å²) in [7, 11) is 1.55. The van der Waals surface area contributed by atoms with E-state index in [1.165, 1.54) is 18.2 Å². The standard InChI is InChI=1S/C18H20N2O6/c1-25-8-2-7-20-16(22)13-6-3-11(9-14(13)17(20)23)18(24)26-10-15(21)19-12-4-5-12/h3,6,9,12H,2,4-5,7-8,10H2,1H3,(H,19,21). The van der Waals surface area contributed by atoms with Gasteiger partial charge in [0.05, 0.1) is 16.7 Å². The minimum atomic E-state index is -0.711. The fourth-order valence-electron chi connectivity index (χ4n) is 2.70. The van der Waals surface area contributed by atoms with Gasteiger partial charge < -0.3 is 14.8 Å². The van der Waals surface area contributed by atoms with Crippen LogP contribution >= 0.6 is 0 Å². The molecule has 0 aromatic heterocycles. The van der Waals surface area contributed by atoms with Gasteiger partial charge in [0.15, 0.2) is 6.61 Å². The smallest absolute Gasteiger partial charge is 0.338 e. The molecule has 0 bridgehead atoms. The molecule has 0 unspecified atom stereocenters. The maximum atomic E-state index is 12.4. The molecule has 0 atom stereocenters. The lowest BCUT2D eigenvalue weighted by atomic mass is 10.1. The molecule has 0 radical (unpaired) electrons. The van der Waals surface area contributed by atoms with Gasteiger partial charge in [-0.2, -0.15) is 0 Å². The third-order valence-electron chi connectivity index (χ3n) is 4.21. The Morgan fingerprint density at radius 1 is 1.19 bits per heavy atom. The van der Waals surface area contributed by atoms with Crippen molar-refractivity contribution in [3.05, 3.63) is 34.9 Å². The van der Waals surface area contributed by atoms with Crippen LogP contribution in [0.4, 0.5) is 0 Å². The van der Waals surface area contributed by atoms with Crippen molar-refractivity contribution >= 4 is 23.7 Å². The topological polar surface area (TPSA) is 102 Å². The first-order valence-corrected chi connectivity index (χ1v) is 8.47. The van der Waals surface area contributed by atoms with E-state index in [2.05, 4.69) is 5.32 Å². The first-order valence-electron chi connectivity index (χ1n) is 8.47. The van der Waals surface area contributed by atoms with Gasteiger partial charge in [-0.25, -0.2) is 4.79 Å². The number of rotatable bonds is 8. The highest BCUT2D eigenvalue weighted by Crippen LogP contribution is 2.24. The Morgan fingerprint density at radius 3 is 2.62 bits per heavy atom. The molecule has 8 nitrogen and oxygen atoms in total. The Morgan fingerprint density at radius 2 is 1.92 bits per heavy atom. The van der Waals surface area contributed by atoms with Gasteiger partial charge in [0, 0.05) is 26.3 Å². The summed E-state index contributed by atoms with van der Waals surface area (Å²) in [6, 6.07) is 4.39. The lowest BCUT2D eigenvalue weighted by Gasteiger charge is -2.12. The summed E-state index contributed by atoms with van der Waals surface area (Å²) < 4.78 is 9.90. The van der Waals surface area contributed by atoms with Crippen molar-refractivity contribution < 1.29 is 28.7 Å². The Balaban J connectivity index is 1.63. The highest BCUT2D eigenvalue weighted by molar-refractivity contribution is 6.21.